The van der Waals surface area contributed by atoms with Gasteiger partial charge in [0.1, 0.15) is 5.76 Å². The van der Waals surface area contributed by atoms with Gasteiger partial charge in [0.25, 0.3) is 5.91 Å². The molecule has 100 valence electrons. The van der Waals surface area contributed by atoms with Gasteiger partial charge in [-0.05, 0) is 37.3 Å². The lowest BCUT2D eigenvalue weighted by molar-refractivity contribution is 0.0939. The van der Waals surface area contributed by atoms with Crippen molar-refractivity contribution < 1.29 is 9.21 Å². The Hall–Kier alpha value is -1.26. The van der Waals surface area contributed by atoms with E-state index in [9.17, 15) is 4.79 Å². The van der Waals surface area contributed by atoms with Gasteiger partial charge in [-0.1, -0.05) is 27.5 Å². The Morgan fingerprint density at radius 3 is 2.89 bits per heavy atom. The van der Waals surface area contributed by atoms with Gasteiger partial charge in [0.05, 0.1) is 6.26 Å². The van der Waals surface area contributed by atoms with E-state index in [-0.39, 0.29) is 11.9 Å². The molecule has 0 bridgehead atoms. The maximum atomic E-state index is 12.1. The largest absolute Gasteiger partial charge is 0.469 e. The Kier molecular flexibility index (Phi) is 4.66. The van der Waals surface area contributed by atoms with Crippen LogP contribution in [0.5, 0.6) is 0 Å². The molecule has 1 amide bonds. The smallest absolute Gasteiger partial charge is 0.251 e. The summed E-state index contributed by atoms with van der Waals surface area (Å²) < 4.78 is 6.03. The lowest BCUT2D eigenvalue weighted by Gasteiger charge is -2.13. The van der Waals surface area contributed by atoms with Crippen molar-refractivity contribution in [1.82, 2.24) is 5.32 Å². The predicted octanol–water partition coefficient (Wildman–Crippen LogP) is 4.06. The summed E-state index contributed by atoms with van der Waals surface area (Å²) in [6, 6.07) is 8.82. The molecule has 3 nitrogen and oxygen atoms in total. The molecule has 1 unspecified atom stereocenters. The van der Waals surface area contributed by atoms with Crippen LogP contribution in [0.3, 0.4) is 0 Å². The minimum atomic E-state index is -0.151. The summed E-state index contributed by atoms with van der Waals surface area (Å²) in [7, 11) is 0. The first-order valence-corrected chi connectivity index (χ1v) is 7.01. The van der Waals surface area contributed by atoms with Crippen LogP contribution in [-0.4, -0.2) is 11.9 Å². The van der Waals surface area contributed by atoms with Crippen LogP contribution in [0, 0.1) is 0 Å². The van der Waals surface area contributed by atoms with Gasteiger partial charge in [0.15, 0.2) is 0 Å². The summed E-state index contributed by atoms with van der Waals surface area (Å²) in [6.07, 6.45) is 2.28. The molecule has 0 aliphatic heterocycles. The average molecular weight is 343 g/mol. The van der Waals surface area contributed by atoms with E-state index in [4.69, 9.17) is 16.0 Å². The second-order valence-electron chi connectivity index (χ2n) is 4.32. The van der Waals surface area contributed by atoms with Crippen LogP contribution in [0.25, 0.3) is 0 Å². The third kappa shape index (κ3) is 4.11. The van der Waals surface area contributed by atoms with Crippen LogP contribution in [0.4, 0.5) is 0 Å². The Bertz CT molecular complexity index is 549. The van der Waals surface area contributed by atoms with E-state index >= 15 is 0 Å². The molecule has 1 aromatic carbocycles. The Labute approximate surface area is 125 Å². The fourth-order valence-electron chi connectivity index (χ4n) is 1.77. The molecule has 2 aromatic rings. The number of hydrogen-bond acceptors (Lipinski definition) is 2. The van der Waals surface area contributed by atoms with Crippen molar-refractivity contribution in [1.29, 1.82) is 0 Å². The number of amides is 1. The highest BCUT2D eigenvalue weighted by Crippen LogP contribution is 2.19. The minimum Gasteiger partial charge on any atom is -0.469 e. The first-order chi connectivity index (χ1) is 9.04. The first kappa shape index (κ1) is 14.2. The molecule has 2 rings (SSSR count). The van der Waals surface area contributed by atoms with Gasteiger partial charge in [-0.25, -0.2) is 0 Å². The third-order valence-electron chi connectivity index (χ3n) is 2.59. The van der Waals surface area contributed by atoms with Gasteiger partial charge in [-0.3, -0.25) is 4.79 Å². The second-order valence-corrected chi connectivity index (χ2v) is 5.67. The van der Waals surface area contributed by atoms with Gasteiger partial charge in [0.2, 0.25) is 0 Å². The van der Waals surface area contributed by atoms with Crippen LogP contribution in [-0.2, 0) is 6.42 Å². The molecule has 0 aliphatic carbocycles. The van der Waals surface area contributed by atoms with E-state index in [0.717, 1.165) is 10.2 Å². The topological polar surface area (TPSA) is 42.2 Å². The van der Waals surface area contributed by atoms with Crippen molar-refractivity contribution in [2.24, 2.45) is 0 Å². The second kappa shape index (κ2) is 6.26. The molecule has 0 saturated heterocycles. The zero-order valence-electron chi connectivity index (χ0n) is 10.3. The summed E-state index contributed by atoms with van der Waals surface area (Å²) in [5, 5.41) is 3.44. The number of benzene rings is 1. The number of carbonyl (C=O) groups is 1. The van der Waals surface area contributed by atoms with Crippen molar-refractivity contribution in [2.45, 2.75) is 19.4 Å². The fraction of sp³-hybridized carbons (Fsp3) is 0.214. The molecular formula is C14H13BrClNO2. The highest BCUT2D eigenvalue weighted by atomic mass is 79.9. The van der Waals surface area contributed by atoms with Crippen LogP contribution >= 0.6 is 27.5 Å². The van der Waals surface area contributed by atoms with E-state index in [2.05, 4.69) is 21.2 Å². The summed E-state index contributed by atoms with van der Waals surface area (Å²) in [6.45, 7) is 1.93. The fourth-order valence-corrected chi connectivity index (χ4v) is 2.63. The number of nitrogens with one attached hydrogen (secondary N) is 1. The highest BCUT2D eigenvalue weighted by molar-refractivity contribution is 9.10. The van der Waals surface area contributed by atoms with Crippen LogP contribution in [0.2, 0.25) is 5.02 Å². The van der Waals surface area contributed by atoms with Crippen molar-refractivity contribution in [3.8, 4) is 0 Å². The van der Waals surface area contributed by atoms with Crippen molar-refractivity contribution in [3.63, 3.8) is 0 Å². The van der Waals surface area contributed by atoms with Crippen LogP contribution in [0.1, 0.15) is 23.0 Å². The first-order valence-electron chi connectivity index (χ1n) is 5.84. The lowest BCUT2D eigenvalue weighted by Crippen LogP contribution is -2.34. The monoisotopic (exact) mass is 341 g/mol. The molecule has 0 aliphatic rings. The molecule has 0 saturated carbocycles. The normalized spacial score (nSPS) is 12.2. The molecule has 1 heterocycles. The van der Waals surface area contributed by atoms with E-state index < -0.39 is 0 Å². The van der Waals surface area contributed by atoms with E-state index in [1.54, 1.807) is 24.5 Å². The number of carbonyl (C=O) groups excluding carboxylic acids is 1. The van der Waals surface area contributed by atoms with Gasteiger partial charge >= 0.3 is 0 Å². The van der Waals surface area contributed by atoms with Crippen LogP contribution < -0.4 is 5.32 Å². The Morgan fingerprint density at radius 1 is 1.47 bits per heavy atom. The zero-order chi connectivity index (χ0) is 13.8. The summed E-state index contributed by atoms with van der Waals surface area (Å²) >= 11 is 9.24. The zero-order valence-corrected chi connectivity index (χ0v) is 12.7. The number of hydrogen-bond donors (Lipinski definition) is 1. The molecule has 1 aromatic heterocycles. The van der Waals surface area contributed by atoms with Crippen molar-refractivity contribution >= 4 is 33.4 Å². The van der Waals surface area contributed by atoms with E-state index in [1.165, 1.54) is 0 Å². The molecule has 0 radical (unpaired) electrons. The molecule has 0 fully saturated rings. The van der Waals surface area contributed by atoms with Gasteiger partial charge in [0, 0.05) is 27.5 Å². The molecule has 19 heavy (non-hydrogen) atoms. The third-order valence-corrected chi connectivity index (χ3v) is 3.27. The lowest BCUT2D eigenvalue weighted by atomic mass is 10.1. The minimum absolute atomic E-state index is 0.0172. The highest BCUT2D eigenvalue weighted by Gasteiger charge is 2.12. The molecular weight excluding hydrogens is 330 g/mol. The summed E-state index contributed by atoms with van der Waals surface area (Å²) in [5.74, 6) is 0.697. The van der Waals surface area contributed by atoms with Gasteiger partial charge < -0.3 is 9.73 Å². The van der Waals surface area contributed by atoms with E-state index in [0.29, 0.717) is 17.0 Å². The maximum absolute atomic E-state index is 12.1. The molecule has 0 spiro atoms. The van der Waals surface area contributed by atoms with Crippen molar-refractivity contribution in [2.75, 3.05) is 0 Å². The summed E-state index contributed by atoms with van der Waals surface area (Å²) in [5.41, 5.74) is 0.533. The Morgan fingerprint density at radius 2 is 2.26 bits per heavy atom. The SMILES string of the molecule is CC(Cc1ccco1)NC(=O)c1cc(Cl)cc(Br)c1. The standard InChI is InChI=1S/C14H13BrClNO2/c1-9(5-13-3-2-4-19-13)17-14(18)10-6-11(15)8-12(16)7-10/h2-4,6-9H,5H2,1H3,(H,17,18). The van der Waals surface area contributed by atoms with Gasteiger partial charge in [-0.2, -0.15) is 0 Å². The Balaban J connectivity index is 2.00. The predicted molar refractivity (Wildman–Crippen MR) is 78.5 cm³/mol. The van der Waals surface area contributed by atoms with Crippen molar-refractivity contribution in [3.05, 3.63) is 57.4 Å². The maximum Gasteiger partial charge on any atom is 0.251 e. The number of rotatable bonds is 4. The molecule has 1 N–H and O–H groups in total. The van der Waals surface area contributed by atoms with Crippen LogP contribution in [0.15, 0.2) is 45.5 Å². The summed E-state index contributed by atoms with van der Waals surface area (Å²) in [4.78, 5) is 12.1. The molecule has 5 heteroatoms. The quantitative estimate of drug-likeness (QED) is 0.910. The van der Waals surface area contributed by atoms with E-state index in [1.807, 2.05) is 19.1 Å². The van der Waals surface area contributed by atoms with Gasteiger partial charge in [-0.15, -0.1) is 0 Å². The average Bonchev–Trinajstić information content (AvgIpc) is 2.80. The number of furan rings is 1. The molecule has 1 atom stereocenters. The number of halogens is 2.